The van der Waals surface area contributed by atoms with Crippen molar-refractivity contribution in [2.45, 2.75) is 19.4 Å². The van der Waals surface area contributed by atoms with Crippen LogP contribution in [0.3, 0.4) is 0 Å². The summed E-state index contributed by atoms with van der Waals surface area (Å²) in [6.45, 7) is 1.64. The van der Waals surface area contributed by atoms with Gasteiger partial charge < -0.3 is 4.90 Å². The molecular formula is C17H12F2N2O4. The van der Waals surface area contributed by atoms with E-state index >= 15 is 0 Å². The third-order valence-corrected chi connectivity index (χ3v) is 4.05. The van der Waals surface area contributed by atoms with Gasteiger partial charge in [0.2, 0.25) is 5.82 Å². The minimum atomic E-state index is -1.13. The number of carbonyl (C=O) groups is 2. The summed E-state index contributed by atoms with van der Waals surface area (Å²) in [6, 6.07) is 5.83. The summed E-state index contributed by atoms with van der Waals surface area (Å²) in [4.78, 5) is 35.9. The highest BCUT2D eigenvalue weighted by Crippen LogP contribution is 2.33. The molecule has 1 aliphatic rings. The molecule has 0 fully saturated rings. The summed E-state index contributed by atoms with van der Waals surface area (Å²) < 4.78 is 27.2. The van der Waals surface area contributed by atoms with E-state index in [1.165, 1.54) is 11.0 Å². The SMILES string of the molecule is CC1CC(=O)c2cc(F)ccc2N1C(=O)c1ccc([N+](=O)[O-])c(F)c1. The van der Waals surface area contributed by atoms with E-state index in [9.17, 15) is 28.5 Å². The molecule has 0 N–H and O–H groups in total. The highest BCUT2D eigenvalue weighted by atomic mass is 19.1. The highest BCUT2D eigenvalue weighted by molar-refractivity contribution is 6.14. The van der Waals surface area contributed by atoms with Crippen molar-refractivity contribution in [1.29, 1.82) is 0 Å². The Morgan fingerprint density at radius 2 is 1.96 bits per heavy atom. The van der Waals surface area contributed by atoms with Gasteiger partial charge in [-0.05, 0) is 37.3 Å². The lowest BCUT2D eigenvalue weighted by molar-refractivity contribution is -0.387. The first-order valence-corrected chi connectivity index (χ1v) is 7.40. The van der Waals surface area contributed by atoms with Gasteiger partial charge in [-0.25, -0.2) is 4.39 Å². The number of nitrogens with zero attached hydrogens (tertiary/aromatic N) is 2. The van der Waals surface area contributed by atoms with Crippen LogP contribution in [0.5, 0.6) is 0 Å². The first kappa shape index (κ1) is 16.7. The van der Waals surface area contributed by atoms with Crippen LogP contribution >= 0.6 is 0 Å². The van der Waals surface area contributed by atoms with Crippen molar-refractivity contribution < 1.29 is 23.3 Å². The normalized spacial score (nSPS) is 16.5. The molecule has 2 aromatic carbocycles. The van der Waals surface area contributed by atoms with E-state index < -0.39 is 34.2 Å². The van der Waals surface area contributed by atoms with E-state index in [1.54, 1.807) is 6.92 Å². The summed E-state index contributed by atoms with van der Waals surface area (Å²) in [5.41, 5.74) is -0.525. The second-order valence-electron chi connectivity index (χ2n) is 5.74. The molecule has 0 saturated heterocycles. The number of benzene rings is 2. The molecule has 1 heterocycles. The summed E-state index contributed by atoms with van der Waals surface area (Å²) in [6.07, 6.45) is -0.00232. The van der Waals surface area contributed by atoms with E-state index in [4.69, 9.17) is 0 Å². The maximum atomic E-state index is 13.8. The van der Waals surface area contributed by atoms with Gasteiger partial charge in [0.05, 0.1) is 10.6 Å². The number of halogens is 2. The van der Waals surface area contributed by atoms with Crippen molar-refractivity contribution >= 4 is 23.1 Å². The number of Topliss-reactive ketones (excluding diaryl/α,β-unsaturated/α-hetero) is 1. The van der Waals surface area contributed by atoms with E-state index in [0.29, 0.717) is 0 Å². The average molecular weight is 346 g/mol. The van der Waals surface area contributed by atoms with Crippen LogP contribution in [0.4, 0.5) is 20.2 Å². The zero-order valence-electron chi connectivity index (χ0n) is 13.0. The Bertz CT molecular complexity index is 914. The Labute approximate surface area is 140 Å². The summed E-state index contributed by atoms with van der Waals surface area (Å²) >= 11 is 0. The molecule has 1 amide bonds. The Morgan fingerprint density at radius 1 is 1.24 bits per heavy atom. The van der Waals surface area contributed by atoms with E-state index in [0.717, 1.165) is 30.3 Å². The van der Waals surface area contributed by atoms with Gasteiger partial charge in [0.1, 0.15) is 5.82 Å². The van der Waals surface area contributed by atoms with Crippen molar-refractivity contribution in [2.24, 2.45) is 0 Å². The van der Waals surface area contributed by atoms with Gasteiger partial charge in [0.15, 0.2) is 5.78 Å². The summed E-state index contributed by atoms with van der Waals surface area (Å²) in [7, 11) is 0. The number of carbonyl (C=O) groups excluding carboxylic acids is 2. The molecule has 2 aromatic rings. The fourth-order valence-electron chi connectivity index (χ4n) is 2.89. The standard InChI is InChI=1S/C17H12F2N2O4/c1-9-6-16(22)12-8-11(18)3-5-14(12)20(9)17(23)10-2-4-15(21(24)25)13(19)7-10/h2-5,7-9H,6H2,1H3. The number of nitro benzene ring substituents is 1. The number of hydrogen-bond donors (Lipinski definition) is 0. The Morgan fingerprint density at radius 3 is 2.60 bits per heavy atom. The molecular weight excluding hydrogens is 334 g/mol. The van der Waals surface area contributed by atoms with Gasteiger partial charge in [-0.15, -0.1) is 0 Å². The van der Waals surface area contributed by atoms with Crippen LogP contribution in [0.1, 0.15) is 34.1 Å². The van der Waals surface area contributed by atoms with Crippen molar-refractivity contribution in [3.05, 3.63) is 69.3 Å². The lowest BCUT2D eigenvalue weighted by Gasteiger charge is -2.34. The monoisotopic (exact) mass is 346 g/mol. The van der Waals surface area contributed by atoms with Crippen molar-refractivity contribution in [2.75, 3.05) is 4.90 Å². The molecule has 0 aliphatic carbocycles. The second-order valence-corrected chi connectivity index (χ2v) is 5.74. The largest absolute Gasteiger partial charge is 0.304 e. The molecule has 1 unspecified atom stereocenters. The van der Waals surface area contributed by atoms with E-state index in [2.05, 4.69) is 0 Å². The molecule has 0 saturated carbocycles. The van der Waals surface area contributed by atoms with Gasteiger partial charge >= 0.3 is 5.69 Å². The van der Waals surface area contributed by atoms with E-state index in [-0.39, 0.29) is 29.0 Å². The third kappa shape index (κ3) is 2.86. The Balaban J connectivity index is 2.05. The third-order valence-electron chi connectivity index (χ3n) is 4.05. The number of rotatable bonds is 2. The molecule has 0 aromatic heterocycles. The van der Waals surface area contributed by atoms with Crippen molar-refractivity contribution in [3.63, 3.8) is 0 Å². The van der Waals surface area contributed by atoms with Crippen LogP contribution < -0.4 is 4.90 Å². The minimum absolute atomic E-state index is 0.00232. The quantitative estimate of drug-likeness (QED) is 0.616. The number of hydrogen-bond acceptors (Lipinski definition) is 4. The fourth-order valence-corrected chi connectivity index (χ4v) is 2.89. The topological polar surface area (TPSA) is 80.5 Å². The second kappa shape index (κ2) is 6.04. The zero-order valence-corrected chi connectivity index (χ0v) is 13.0. The molecule has 1 atom stereocenters. The number of amides is 1. The average Bonchev–Trinajstić information content (AvgIpc) is 2.54. The number of fused-ring (bicyclic) bond motifs is 1. The first-order chi connectivity index (χ1) is 11.8. The number of ketones is 1. The summed E-state index contributed by atoms with van der Waals surface area (Å²) in [5, 5.41) is 10.7. The predicted molar refractivity (Wildman–Crippen MR) is 84.7 cm³/mol. The summed E-state index contributed by atoms with van der Waals surface area (Å²) in [5.74, 6) is -2.64. The molecule has 1 aliphatic heterocycles. The van der Waals surface area contributed by atoms with Crippen LogP contribution in [0.2, 0.25) is 0 Å². The van der Waals surface area contributed by atoms with Crippen LogP contribution in [0.15, 0.2) is 36.4 Å². The Kier molecular flexibility index (Phi) is 4.03. The molecule has 3 rings (SSSR count). The zero-order chi connectivity index (χ0) is 18.3. The van der Waals surface area contributed by atoms with Crippen LogP contribution in [0, 0.1) is 21.7 Å². The van der Waals surface area contributed by atoms with Crippen LogP contribution in [-0.2, 0) is 0 Å². The predicted octanol–water partition coefficient (Wildman–Crippen LogP) is 3.49. The van der Waals surface area contributed by atoms with Crippen LogP contribution in [-0.4, -0.2) is 22.7 Å². The van der Waals surface area contributed by atoms with Gasteiger partial charge in [0, 0.05) is 29.7 Å². The Hall–Kier alpha value is -3.16. The molecule has 25 heavy (non-hydrogen) atoms. The fraction of sp³-hybridized carbons (Fsp3) is 0.176. The van der Waals surface area contributed by atoms with Gasteiger partial charge in [0.25, 0.3) is 5.91 Å². The van der Waals surface area contributed by atoms with Crippen LogP contribution in [0.25, 0.3) is 0 Å². The van der Waals surface area contributed by atoms with Gasteiger partial charge in [-0.3, -0.25) is 19.7 Å². The highest BCUT2D eigenvalue weighted by Gasteiger charge is 2.34. The van der Waals surface area contributed by atoms with Crippen molar-refractivity contribution in [3.8, 4) is 0 Å². The maximum Gasteiger partial charge on any atom is 0.304 e. The molecule has 6 nitrogen and oxygen atoms in total. The molecule has 0 bridgehead atoms. The van der Waals surface area contributed by atoms with Crippen molar-refractivity contribution in [1.82, 2.24) is 0 Å². The number of nitro groups is 1. The smallest absolute Gasteiger partial charge is 0.304 e. The lowest BCUT2D eigenvalue weighted by Crippen LogP contribution is -2.44. The molecule has 128 valence electrons. The first-order valence-electron chi connectivity index (χ1n) is 7.40. The lowest BCUT2D eigenvalue weighted by atomic mass is 9.94. The van der Waals surface area contributed by atoms with E-state index in [1.807, 2.05) is 0 Å². The molecule has 8 heteroatoms. The molecule has 0 spiro atoms. The molecule has 0 radical (unpaired) electrons. The van der Waals surface area contributed by atoms with Gasteiger partial charge in [-0.1, -0.05) is 0 Å². The minimum Gasteiger partial charge on any atom is -0.304 e. The number of anilines is 1. The maximum absolute atomic E-state index is 13.8. The van der Waals surface area contributed by atoms with Gasteiger partial charge in [-0.2, -0.15) is 4.39 Å².